The van der Waals surface area contributed by atoms with Gasteiger partial charge in [0.1, 0.15) is 10.6 Å². The fourth-order valence-electron chi connectivity index (χ4n) is 2.39. The number of aromatic nitrogens is 5. The molecule has 0 bridgehead atoms. The van der Waals surface area contributed by atoms with Crippen LogP contribution < -0.4 is 16.6 Å². The minimum atomic E-state index is -0.345. The summed E-state index contributed by atoms with van der Waals surface area (Å²) in [4.78, 5) is 29.7. The van der Waals surface area contributed by atoms with Crippen molar-refractivity contribution in [2.24, 2.45) is 0 Å². The Morgan fingerprint density at radius 1 is 1.15 bits per heavy atom. The van der Waals surface area contributed by atoms with Crippen LogP contribution >= 0.6 is 11.3 Å². The quantitative estimate of drug-likeness (QED) is 0.567. The molecule has 3 heterocycles. The zero-order valence-electron chi connectivity index (χ0n) is 13.3. The highest BCUT2D eigenvalue weighted by Crippen LogP contribution is 2.15. The van der Waals surface area contributed by atoms with Crippen LogP contribution in [0, 0.1) is 5.82 Å². The second-order valence-electron chi connectivity index (χ2n) is 5.38. The van der Waals surface area contributed by atoms with E-state index in [0.29, 0.717) is 21.7 Å². The summed E-state index contributed by atoms with van der Waals surface area (Å²) in [6.45, 7) is 0.0996. The normalized spacial score (nSPS) is 11.0. The van der Waals surface area contributed by atoms with Gasteiger partial charge >= 0.3 is 0 Å². The van der Waals surface area contributed by atoms with E-state index in [1.807, 2.05) is 5.38 Å². The van der Waals surface area contributed by atoms with Gasteiger partial charge in [0, 0.05) is 5.69 Å². The Kier molecular flexibility index (Phi) is 4.01. The standard InChI is InChI=1S/C16H12FN7OS/c17-9-1-3-10(4-2-9)20-16-22-12(21-15(18)23-16)7-24-8-19-13-11(14(24)25)5-6-26-13/h1-6,8H,7H2,(H3,18,20,21,22,23). The minimum absolute atomic E-state index is 0.0113. The van der Waals surface area contributed by atoms with Gasteiger partial charge in [0.05, 0.1) is 18.3 Å². The number of nitrogen functional groups attached to an aromatic ring is 1. The zero-order chi connectivity index (χ0) is 18.1. The molecule has 0 spiro atoms. The first-order valence-corrected chi connectivity index (χ1v) is 8.42. The Balaban J connectivity index is 1.64. The molecule has 0 aliphatic rings. The van der Waals surface area contributed by atoms with E-state index in [0.717, 1.165) is 0 Å². The molecule has 3 N–H and O–H groups in total. The Morgan fingerprint density at radius 2 is 1.96 bits per heavy atom. The van der Waals surface area contributed by atoms with Crippen LogP contribution in [0.5, 0.6) is 0 Å². The van der Waals surface area contributed by atoms with E-state index >= 15 is 0 Å². The van der Waals surface area contributed by atoms with E-state index in [9.17, 15) is 9.18 Å². The number of nitrogens with zero attached hydrogens (tertiary/aromatic N) is 5. The molecule has 10 heteroatoms. The molecule has 8 nitrogen and oxygen atoms in total. The van der Waals surface area contributed by atoms with Crippen molar-refractivity contribution in [3.8, 4) is 0 Å². The summed E-state index contributed by atoms with van der Waals surface area (Å²) in [7, 11) is 0. The number of nitrogens with one attached hydrogen (secondary N) is 1. The molecule has 0 unspecified atom stereocenters. The van der Waals surface area contributed by atoms with Crippen molar-refractivity contribution < 1.29 is 4.39 Å². The van der Waals surface area contributed by atoms with Crippen molar-refractivity contribution in [2.75, 3.05) is 11.1 Å². The van der Waals surface area contributed by atoms with Crippen molar-refractivity contribution in [3.63, 3.8) is 0 Å². The van der Waals surface area contributed by atoms with Gasteiger partial charge in [-0.25, -0.2) is 9.37 Å². The lowest BCUT2D eigenvalue weighted by Gasteiger charge is -2.08. The van der Waals surface area contributed by atoms with Crippen LogP contribution in [0.2, 0.25) is 0 Å². The molecule has 3 aromatic heterocycles. The molecule has 130 valence electrons. The Bertz CT molecular complexity index is 1140. The van der Waals surface area contributed by atoms with Crippen molar-refractivity contribution in [2.45, 2.75) is 6.54 Å². The first-order valence-electron chi connectivity index (χ1n) is 7.54. The number of thiophene rings is 1. The van der Waals surface area contributed by atoms with Crippen LogP contribution in [-0.2, 0) is 6.54 Å². The largest absolute Gasteiger partial charge is 0.368 e. The number of benzene rings is 1. The molecule has 4 aromatic rings. The topological polar surface area (TPSA) is 112 Å². The molecule has 0 fully saturated rings. The van der Waals surface area contributed by atoms with Crippen LogP contribution in [0.4, 0.5) is 22.0 Å². The number of halogens is 1. The lowest BCUT2D eigenvalue weighted by atomic mass is 10.3. The molecule has 0 aliphatic carbocycles. The molecule has 0 atom stereocenters. The smallest absolute Gasteiger partial charge is 0.262 e. The van der Waals surface area contributed by atoms with Gasteiger partial charge in [-0.2, -0.15) is 15.0 Å². The molecule has 0 saturated heterocycles. The predicted octanol–water partition coefficient (Wildman–Crippen LogP) is 2.16. The van der Waals surface area contributed by atoms with E-state index < -0.39 is 0 Å². The maximum absolute atomic E-state index is 13.0. The maximum atomic E-state index is 13.0. The Hall–Kier alpha value is -3.40. The van der Waals surface area contributed by atoms with E-state index in [1.54, 1.807) is 18.2 Å². The van der Waals surface area contributed by atoms with Gasteiger partial charge in [-0.05, 0) is 35.7 Å². The number of hydrogen-bond acceptors (Lipinski definition) is 8. The predicted molar refractivity (Wildman–Crippen MR) is 96.9 cm³/mol. The summed E-state index contributed by atoms with van der Waals surface area (Å²) in [6, 6.07) is 7.46. The molecule has 1 aromatic carbocycles. The summed E-state index contributed by atoms with van der Waals surface area (Å²) in [6.07, 6.45) is 1.45. The Labute approximate surface area is 150 Å². The van der Waals surface area contributed by atoms with E-state index in [1.165, 1.54) is 34.4 Å². The molecule has 4 rings (SSSR count). The van der Waals surface area contributed by atoms with Crippen LogP contribution in [0.3, 0.4) is 0 Å². The monoisotopic (exact) mass is 369 g/mol. The first-order chi connectivity index (χ1) is 12.6. The maximum Gasteiger partial charge on any atom is 0.262 e. The lowest BCUT2D eigenvalue weighted by Crippen LogP contribution is -2.22. The van der Waals surface area contributed by atoms with E-state index in [4.69, 9.17) is 5.73 Å². The fourth-order valence-corrected chi connectivity index (χ4v) is 3.11. The molecule has 0 amide bonds. The third kappa shape index (κ3) is 3.22. The van der Waals surface area contributed by atoms with Crippen LogP contribution in [-0.4, -0.2) is 24.5 Å². The average Bonchev–Trinajstić information content (AvgIpc) is 3.09. The number of hydrogen-bond donors (Lipinski definition) is 2. The summed E-state index contributed by atoms with van der Waals surface area (Å²) in [5.41, 5.74) is 6.16. The van der Waals surface area contributed by atoms with Gasteiger partial charge in [-0.1, -0.05) is 0 Å². The second-order valence-corrected chi connectivity index (χ2v) is 6.28. The van der Waals surface area contributed by atoms with E-state index in [2.05, 4.69) is 25.3 Å². The molecule has 0 saturated carbocycles. The van der Waals surface area contributed by atoms with Gasteiger partial charge in [0.25, 0.3) is 5.56 Å². The average molecular weight is 369 g/mol. The lowest BCUT2D eigenvalue weighted by molar-refractivity contribution is 0.628. The first kappa shape index (κ1) is 16.1. The number of rotatable bonds is 4. The molecular formula is C16H12FN7OS. The van der Waals surface area contributed by atoms with Crippen LogP contribution in [0.15, 0.2) is 46.8 Å². The van der Waals surface area contributed by atoms with Gasteiger partial charge in [-0.15, -0.1) is 11.3 Å². The molecular weight excluding hydrogens is 357 g/mol. The number of anilines is 3. The zero-order valence-corrected chi connectivity index (χ0v) is 14.1. The highest BCUT2D eigenvalue weighted by molar-refractivity contribution is 7.16. The number of fused-ring (bicyclic) bond motifs is 1. The van der Waals surface area contributed by atoms with Gasteiger partial charge in [0.2, 0.25) is 11.9 Å². The van der Waals surface area contributed by atoms with Crippen LogP contribution in [0.25, 0.3) is 10.2 Å². The van der Waals surface area contributed by atoms with E-state index in [-0.39, 0.29) is 29.8 Å². The highest BCUT2D eigenvalue weighted by atomic mass is 32.1. The molecule has 26 heavy (non-hydrogen) atoms. The molecule has 0 aliphatic heterocycles. The summed E-state index contributed by atoms with van der Waals surface area (Å²) in [5, 5.41) is 5.29. The SMILES string of the molecule is Nc1nc(Cn2cnc3sccc3c2=O)nc(Nc2ccc(F)cc2)n1. The van der Waals surface area contributed by atoms with Crippen LogP contribution in [0.1, 0.15) is 5.82 Å². The van der Waals surface area contributed by atoms with Crippen molar-refractivity contribution in [1.29, 1.82) is 0 Å². The summed E-state index contributed by atoms with van der Waals surface area (Å²) in [5.74, 6) is 0.177. The fraction of sp³-hybridized carbons (Fsp3) is 0.0625. The third-order valence-electron chi connectivity index (χ3n) is 3.56. The van der Waals surface area contributed by atoms with Crippen molar-refractivity contribution in [3.05, 3.63) is 64.0 Å². The third-order valence-corrected chi connectivity index (χ3v) is 4.38. The summed E-state index contributed by atoms with van der Waals surface area (Å²) >= 11 is 1.40. The highest BCUT2D eigenvalue weighted by Gasteiger charge is 2.10. The van der Waals surface area contributed by atoms with Crippen molar-refractivity contribution in [1.82, 2.24) is 24.5 Å². The van der Waals surface area contributed by atoms with Crippen molar-refractivity contribution >= 4 is 39.1 Å². The van der Waals surface area contributed by atoms with Gasteiger partial charge in [0.15, 0.2) is 5.82 Å². The minimum Gasteiger partial charge on any atom is -0.368 e. The summed E-state index contributed by atoms with van der Waals surface area (Å²) < 4.78 is 14.4. The van der Waals surface area contributed by atoms with Gasteiger partial charge < -0.3 is 11.1 Å². The Morgan fingerprint density at radius 3 is 2.77 bits per heavy atom. The second kappa shape index (κ2) is 6.48. The number of nitrogens with two attached hydrogens (primary N) is 1. The molecule has 0 radical (unpaired) electrons. The van der Waals surface area contributed by atoms with Gasteiger partial charge in [-0.3, -0.25) is 9.36 Å².